The number of alkyl halides is 2. The zero-order valence-electron chi connectivity index (χ0n) is 16.8. The Kier molecular flexibility index (Phi) is 4.61. The number of fused-ring (bicyclic) bond motifs is 3. The van der Waals surface area contributed by atoms with E-state index in [1.54, 1.807) is 21.9 Å². The number of para-hydroxylation sites is 2. The van der Waals surface area contributed by atoms with Crippen LogP contribution in [0.1, 0.15) is 29.3 Å². The zero-order chi connectivity index (χ0) is 21.8. The van der Waals surface area contributed by atoms with Crippen LogP contribution in [0.2, 0.25) is 0 Å². The molecule has 2 unspecified atom stereocenters. The fraction of sp³-hybridized carbons (Fsp3) is 0.200. The molecule has 3 aromatic carbocycles. The quantitative estimate of drug-likeness (QED) is 0.379. The van der Waals surface area contributed by atoms with Crippen molar-refractivity contribution in [2.75, 3.05) is 9.80 Å². The van der Waals surface area contributed by atoms with Gasteiger partial charge < -0.3 is 4.90 Å². The van der Waals surface area contributed by atoms with E-state index in [-0.39, 0.29) is 17.9 Å². The topological polar surface area (TPSA) is 40.6 Å². The van der Waals surface area contributed by atoms with Crippen LogP contribution in [0.3, 0.4) is 0 Å². The predicted octanol–water partition coefficient (Wildman–Crippen LogP) is 5.54. The van der Waals surface area contributed by atoms with Crippen molar-refractivity contribution in [3.63, 3.8) is 0 Å². The highest BCUT2D eigenvalue weighted by Gasteiger charge is 2.73. The van der Waals surface area contributed by atoms with Gasteiger partial charge in [0.25, 0.3) is 11.8 Å². The number of halogens is 2. The van der Waals surface area contributed by atoms with Crippen LogP contribution in [-0.4, -0.2) is 22.2 Å². The van der Waals surface area contributed by atoms with Crippen LogP contribution >= 0.6 is 23.2 Å². The van der Waals surface area contributed by atoms with Gasteiger partial charge >= 0.3 is 0 Å². The molecule has 6 heteroatoms. The molecular weight excluding hydrogens is 431 g/mol. The van der Waals surface area contributed by atoms with Gasteiger partial charge in [0.1, 0.15) is 5.54 Å². The van der Waals surface area contributed by atoms with Crippen LogP contribution in [0, 0.1) is 0 Å². The summed E-state index contributed by atoms with van der Waals surface area (Å²) in [5.41, 5.74) is 1.72. The zero-order valence-corrected chi connectivity index (χ0v) is 18.3. The van der Waals surface area contributed by atoms with Gasteiger partial charge in [0.05, 0.1) is 11.4 Å². The Morgan fingerprint density at radius 3 is 2.06 bits per heavy atom. The molecule has 5 rings (SSSR count). The first kappa shape index (κ1) is 20.1. The molecule has 0 spiro atoms. The molecular formula is C25H20Cl2N2O2. The highest BCUT2D eigenvalue weighted by molar-refractivity contribution is 6.63. The Bertz CT molecular complexity index is 1170. The first-order chi connectivity index (χ1) is 14.9. The smallest absolute Gasteiger partial charge is 0.267 e. The lowest BCUT2D eigenvalue weighted by atomic mass is 9.72. The van der Waals surface area contributed by atoms with Crippen LogP contribution in [-0.2, 0) is 10.3 Å². The van der Waals surface area contributed by atoms with E-state index in [1.807, 2.05) is 79.7 Å². The third kappa shape index (κ3) is 2.68. The Balaban J connectivity index is 1.74. The number of nitrogens with zero attached hydrogens (tertiary/aromatic N) is 2. The van der Waals surface area contributed by atoms with Gasteiger partial charge in [-0.25, -0.2) is 0 Å². The van der Waals surface area contributed by atoms with Gasteiger partial charge in [0, 0.05) is 11.6 Å². The van der Waals surface area contributed by atoms with Gasteiger partial charge in [0.2, 0.25) is 4.33 Å². The van der Waals surface area contributed by atoms with Crippen molar-refractivity contribution >= 4 is 46.4 Å². The highest BCUT2D eigenvalue weighted by Crippen LogP contribution is 2.62. The summed E-state index contributed by atoms with van der Waals surface area (Å²) in [4.78, 5) is 30.3. The third-order valence-corrected chi connectivity index (χ3v) is 7.23. The lowest BCUT2D eigenvalue weighted by Gasteiger charge is -2.59. The van der Waals surface area contributed by atoms with Crippen molar-refractivity contribution in [2.45, 2.75) is 29.3 Å². The number of rotatable bonds is 2. The molecule has 2 aliphatic rings. The average Bonchev–Trinajstić information content (AvgIpc) is 2.91. The summed E-state index contributed by atoms with van der Waals surface area (Å²) in [6.45, 7) is 1.97. The Labute approximate surface area is 191 Å². The molecule has 0 aliphatic carbocycles. The average molecular weight is 451 g/mol. The van der Waals surface area contributed by atoms with Crippen molar-refractivity contribution in [1.82, 2.24) is 0 Å². The molecule has 0 aromatic heterocycles. The summed E-state index contributed by atoms with van der Waals surface area (Å²) in [6, 6.07) is 25.9. The van der Waals surface area contributed by atoms with E-state index in [9.17, 15) is 9.59 Å². The van der Waals surface area contributed by atoms with E-state index in [0.717, 1.165) is 5.56 Å². The van der Waals surface area contributed by atoms with E-state index < -0.39 is 9.87 Å². The molecule has 156 valence electrons. The molecule has 0 radical (unpaired) electrons. The summed E-state index contributed by atoms with van der Waals surface area (Å²) in [6.07, 6.45) is 0.392. The number of carbonyl (C=O) groups is 2. The van der Waals surface area contributed by atoms with Crippen molar-refractivity contribution in [3.05, 3.63) is 96.1 Å². The maximum absolute atomic E-state index is 13.6. The minimum atomic E-state index is -1.64. The van der Waals surface area contributed by atoms with Gasteiger partial charge in [-0.2, -0.15) is 0 Å². The van der Waals surface area contributed by atoms with Crippen molar-refractivity contribution in [1.29, 1.82) is 0 Å². The van der Waals surface area contributed by atoms with Crippen LogP contribution in [0.4, 0.5) is 11.4 Å². The molecule has 0 saturated carbocycles. The third-order valence-electron chi connectivity index (χ3n) is 6.28. The number of carbonyl (C=O) groups excluding carboxylic acids is 2. The minimum Gasteiger partial charge on any atom is -0.303 e. The number of anilines is 2. The molecule has 2 heterocycles. The van der Waals surface area contributed by atoms with Gasteiger partial charge in [-0.05, 0) is 43.2 Å². The lowest BCUT2D eigenvalue weighted by molar-refractivity contribution is -0.129. The maximum Gasteiger partial charge on any atom is 0.267 e. The molecule has 2 amide bonds. The molecule has 2 atom stereocenters. The first-order valence-electron chi connectivity index (χ1n) is 10.2. The SMILES string of the molecule is CC1CC2(c3ccccc3)N(C(=O)C2(Cl)Cl)c2ccccc2N1C(=O)c1ccccc1. The molecule has 1 fully saturated rings. The minimum absolute atomic E-state index is 0.131. The van der Waals surface area contributed by atoms with Crippen molar-refractivity contribution in [3.8, 4) is 0 Å². The Hall–Kier alpha value is -2.82. The fourth-order valence-electron chi connectivity index (χ4n) is 4.90. The van der Waals surface area contributed by atoms with E-state index in [4.69, 9.17) is 23.2 Å². The molecule has 2 aliphatic heterocycles. The second-order valence-corrected chi connectivity index (χ2v) is 9.35. The Morgan fingerprint density at radius 1 is 0.871 bits per heavy atom. The van der Waals surface area contributed by atoms with Crippen LogP contribution in [0.5, 0.6) is 0 Å². The summed E-state index contributed by atoms with van der Waals surface area (Å²) < 4.78 is -1.64. The van der Waals surface area contributed by atoms with Crippen molar-refractivity contribution < 1.29 is 9.59 Å². The maximum atomic E-state index is 13.6. The molecule has 4 nitrogen and oxygen atoms in total. The summed E-state index contributed by atoms with van der Waals surface area (Å²) in [5.74, 6) is -0.512. The second kappa shape index (κ2) is 7.11. The van der Waals surface area contributed by atoms with Crippen molar-refractivity contribution in [2.24, 2.45) is 0 Å². The van der Waals surface area contributed by atoms with E-state index in [2.05, 4.69) is 0 Å². The summed E-state index contributed by atoms with van der Waals surface area (Å²) >= 11 is 13.5. The first-order valence-corrected chi connectivity index (χ1v) is 10.9. The summed E-state index contributed by atoms with van der Waals surface area (Å²) in [7, 11) is 0. The van der Waals surface area contributed by atoms with Crippen LogP contribution < -0.4 is 9.80 Å². The molecule has 0 N–H and O–H groups in total. The van der Waals surface area contributed by atoms with E-state index in [0.29, 0.717) is 23.4 Å². The van der Waals surface area contributed by atoms with E-state index in [1.165, 1.54) is 0 Å². The fourth-order valence-corrected chi connectivity index (χ4v) is 5.61. The van der Waals surface area contributed by atoms with Gasteiger partial charge in [0.15, 0.2) is 0 Å². The van der Waals surface area contributed by atoms with Gasteiger partial charge in [-0.1, -0.05) is 83.9 Å². The van der Waals surface area contributed by atoms with Gasteiger partial charge in [-0.3, -0.25) is 14.5 Å². The molecule has 1 saturated heterocycles. The molecule has 0 bridgehead atoms. The van der Waals surface area contributed by atoms with E-state index >= 15 is 0 Å². The monoisotopic (exact) mass is 450 g/mol. The summed E-state index contributed by atoms with van der Waals surface area (Å²) in [5, 5.41) is 0. The highest BCUT2D eigenvalue weighted by atomic mass is 35.5. The van der Waals surface area contributed by atoms with Gasteiger partial charge in [-0.15, -0.1) is 0 Å². The normalized spacial score (nSPS) is 24.0. The number of benzene rings is 3. The standard InChI is InChI=1S/C25H20Cl2N2O2/c1-17-16-24(19-12-6-3-7-13-19)25(26,27)23(31)29(24)21-15-9-8-14-20(21)28(17)22(30)18-10-4-2-5-11-18/h2-15,17H,16H2,1H3. The predicted molar refractivity (Wildman–Crippen MR) is 124 cm³/mol. The number of amides is 2. The Morgan fingerprint density at radius 2 is 1.42 bits per heavy atom. The molecule has 31 heavy (non-hydrogen) atoms. The number of hydrogen-bond donors (Lipinski definition) is 0. The lowest BCUT2D eigenvalue weighted by Crippen LogP contribution is -2.76. The van der Waals surface area contributed by atoms with Crippen LogP contribution in [0.15, 0.2) is 84.9 Å². The number of hydrogen-bond acceptors (Lipinski definition) is 2. The van der Waals surface area contributed by atoms with Crippen LogP contribution in [0.25, 0.3) is 0 Å². The second-order valence-electron chi connectivity index (χ2n) is 8.02. The number of β-lactam (4-membered cyclic amide) rings is 1. The molecule has 3 aromatic rings. The largest absolute Gasteiger partial charge is 0.303 e.